The zero-order valence-electron chi connectivity index (χ0n) is 10.1. The van der Waals surface area contributed by atoms with E-state index in [0.29, 0.717) is 17.1 Å². The summed E-state index contributed by atoms with van der Waals surface area (Å²) in [5, 5.41) is 3.20. The van der Waals surface area contributed by atoms with Crippen molar-refractivity contribution in [2.75, 3.05) is 17.6 Å². The summed E-state index contributed by atoms with van der Waals surface area (Å²) in [7, 11) is -3.17. The van der Waals surface area contributed by atoms with Crippen LogP contribution in [0.25, 0.3) is 0 Å². The summed E-state index contributed by atoms with van der Waals surface area (Å²) in [4.78, 5) is 0.365. The molecule has 0 spiro atoms. The highest BCUT2D eigenvalue weighted by Gasteiger charge is 2.15. The Bertz CT molecular complexity index is 457. The molecule has 0 amide bonds. The Morgan fingerprint density at radius 1 is 1.35 bits per heavy atom. The molecule has 0 saturated carbocycles. The van der Waals surface area contributed by atoms with Crippen molar-refractivity contribution in [2.45, 2.75) is 30.5 Å². The fraction of sp³-hybridized carbons (Fsp3) is 0.500. The first-order chi connectivity index (χ1) is 7.97. The molecule has 0 aromatic heterocycles. The molecule has 3 nitrogen and oxygen atoms in total. The Hall–Kier alpha value is -0.740. The Kier molecular flexibility index (Phi) is 5.28. The highest BCUT2D eigenvalue weighted by atomic mass is 35.5. The largest absolute Gasteiger partial charge is 0.384 e. The normalized spacial score (nSPS) is 13.4. The lowest BCUT2D eigenvalue weighted by Gasteiger charge is -2.12. The quantitative estimate of drug-likeness (QED) is 0.812. The van der Waals surface area contributed by atoms with Crippen molar-refractivity contribution in [2.24, 2.45) is 0 Å². The van der Waals surface area contributed by atoms with Crippen molar-refractivity contribution < 1.29 is 8.42 Å². The lowest BCUT2D eigenvalue weighted by atomic mass is 10.3. The number of anilines is 1. The Morgan fingerprint density at radius 2 is 2.00 bits per heavy atom. The van der Waals surface area contributed by atoms with Crippen LogP contribution in [0.5, 0.6) is 0 Å². The van der Waals surface area contributed by atoms with Crippen LogP contribution in [0.4, 0.5) is 5.69 Å². The third kappa shape index (κ3) is 4.21. The predicted molar refractivity (Wildman–Crippen MR) is 72.6 cm³/mol. The van der Waals surface area contributed by atoms with Gasteiger partial charge in [0.1, 0.15) is 0 Å². The van der Waals surface area contributed by atoms with Crippen LogP contribution < -0.4 is 5.32 Å². The number of nitrogens with one attached hydrogen (secondary N) is 1. The molecule has 1 unspecified atom stereocenters. The number of hydrogen-bond donors (Lipinski definition) is 1. The van der Waals surface area contributed by atoms with Gasteiger partial charge in [-0.1, -0.05) is 19.1 Å². The lowest BCUT2D eigenvalue weighted by molar-refractivity contribution is 0.597. The number of para-hydroxylation sites is 1. The second-order valence-corrected chi connectivity index (χ2v) is 6.89. The van der Waals surface area contributed by atoms with Crippen molar-refractivity contribution in [3.05, 3.63) is 24.3 Å². The molecular weight excluding hydrogens is 258 g/mol. The molecule has 0 aliphatic rings. The first-order valence-corrected chi connectivity index (χ1v) is 7.76. The molecular formula is C12H18ClNO2S. The van der Waals surface area contributed by atoms with Gasteiger partial charge in [-0.15, -0.1) is 11.6 Å². The predicted octanol–water partition coefficient (Wildman–Crippen LogP) is 2.91. The average molecular weight is 276 g/mol. The van der Waals surface area contributed by atoms with Crippen LogP contribution in [0, 0.1) is 0 Å². The van der Waals surface area contributed by atoms with Gasteiger partial charge in [-0.05, 0) is 25.5 Å². The smallest absolute Gasteiger partial charge is 0.180 e. The summed E-state index contributed by atoms with van der Waals surface area (Å²) in [5.74, 6) is 0.109. The maximum absolute atomic E-state index is 11.9. The van der Waals surface area contributed by atoms with Crippen molar-refractivity contribution in [3.63, 3.8) is 0 Å². The second kappa shape index (κ2) is 6.26. The monoisotopic (exact) mass is 275 g/mol. The molecule has 0 radical (unpaired) electrons. The third-order valence-electron chi connectivity index (χ3n) is 2.46. The van der Waals surface area contributed by atoms with E-state index in [2.05, 4.69) is 5.32 Å². The van der Waals surface area contributed by atoms with E-state index in [4.69, 9.17) is 11.6 Å². The van der Waals surface area contributed by atoms with Crippen LogP contribution in [0.15, 0.2) is 29.2 Å². The van der Waals surface area contributed by atoms with Crippen molar-refractivity contribution in [1.82, 2.24) is 0 Å². The van der Waals surface area contributed by atoms with E-state index in [1.54, 1.807) is 25.1 Å². The SMILES string of the molecule is CCS(=O)(=O)c1ccccc1NCCC(C)Cl. The van der Waals surface area contributed by atoms with Gasteiger partial charge in [-0.25, -0.2) is 8.42 Å². The zero-order valence-corrected chi connectivity index (χ0v) is 11.7. The molecule has 1 atom stereocenters. The van der Waals surface area contributed by atoms with Crippen LogP contribution in [-0.2, 0) is 9.84 Å². The molecule has 96 valence electrons. The Morgan fingerprint density at radius 3 is 2.59 bits per heavy atom. The van der Waals surface area contributed by atoms with E-state index in [1.165, 1.54) is 0 Å². The van der Waals surface area contributed by atoms with E-state index < -0.39 is 9.84 Å². The maximum Gasteiger partial charge on any atom is 0.180 e. The van der Waals surface area contributed by atoms with E-state index in [0.717, 1.165) is 6.42 Å². The molecule has 5 heteroatoms. The summed E-state index contributed by atoms with van der Waals surface area (Å²) < 4.78 is 23.7. The van der Waals surface area contributed by atoms with Crippen LogP contribution in [0.2, 0.25) is 0 Å². The molecule has 0 heterocycles. The van der Waals surface area contributed by atoms with Gasteiger partial charge >= 0.3 is 0 Å². The number of hydrogen-bond acceptors (Lipinski definition) is 3. The van der Waals surface area contributed by atoms with Crippen LogP contribution in [0.3, 0.4) is 0 Å². The average Bonchev–Trinajstić information content (AvgIpc) is 2.29. The number of rotatable bonds is 6. The van der Waals surface area contributed by atoms with Gasteiger partial charge in [0.2, 0.25) is 0 Å². The number of sulfone groups is 1. The minimum absolute atomic E-state index is 0.0810. The minimum Gasteiger partial charge on any atom is -0.384 e. The van der Waals surface area contributed by atoms with Gasteiger partial charge < -0.3 is 5.32 Å². The Labute approximate surface area is 108 Å². The first kappa shape index (κ1) is 14.3. The minimum atomic E-state index is -3.17. The number of benzene rings is 1. The van der Waals surface area contributed by atoms with Crippen LogP contribution in [0.1, 0.15) is 20.3 Å². The highest BCUT2D eigenvalue weighted by molar-refractivity contribution is 7.91. The van der Waals surface area contributed by atoms with Gasteiger partial charge in [0.15, 0.2) is 9.84 Å². The van der Waals surface area contributed by atoms with Crippen molar-refractivity contribution in [1.29, 1.82) is 0 Å². The summed E-state index contributed by atoms with van der Waals surface area (Å²) in [6.45, 7) is 4.23. The van der Waals surface area contributed by atoms with E-state index >= 15 is 0 Å². The standard InChI is InChI=1S/C12H18ClNO2S/c1-3-17(15,16)12-7-5-4-6-11(12)14-9-8-10(2)13/h4-7,10,14H,3,8-9H2,1-2H3. The van der Waals surface area contributed by atoms with Crippen LogP contribution >= 0.6 is 11.6 Å². The number of halogens is 1. The fourth-order valence-corrected chi connectivity index (χ4v) is 2.63. The lowest BCUT2D eigenvalue weighted by Crippen LogP contribution is -2.11. The molecule has 0 aliphatic heterocycles. The molecule has 1 N–H and O–H groups in total. The van der Waals surface area contributed by atoms with E-state index in [-0.39, 0.29) is 11.1 Å². The van der Waals surface area contributed by atoms with Gasteiger partial charge in [-0.2, -0.15) is 0 Å². The molecule has 0 bridgehead atoms. The van der Waals surface area contributed by atoms with Gasteiger partial charge in [0.05, 0.1) is 16.3 Å². The van der Waals surface area contributed by atoms with Gasteiger partial charge in [0, 0.05) is 11.9 Å². The highest BCUT2D eigenvalue weighted by Crippen LogP contribution is 2.22. The molecule has 1 rings (SSSR count). The van der Waals surface area contributed by atoms with E-state index in [9.17, 15) is 8.42 Å². The summed E-state index contributed by atoms with van der Waals surface area (Å²) >= 11 is 5.84. The molecule has 0 saturated heterocycles. The van der Waals surface area contributed by atoms with E-state index in [1.807, 2.05) is 13.0 Å². The van der Waals surface area contributed by atoms with Crippen molar-refractivity contribution in [3.8, 4) is 0 Å². The topological polar surface area (TPSA) is 46.2 Å². The fourth-order valence-electron chi connectivity index (χ4n) is 1.45. The zero-order chi connectivity index (χ0) is 12.9. The molecule has 0 fully saturated rings. The maximum atomic E-state index is 11.9. The molecule has 0 aliphatic carbocycles. The van der Waals surface area contributed by atoms with Gasteiger partial charge in [0.25, 0.3) is 0 Å². The summed E-state index contributed by atoms with van der Waals surface area (Å²) in [6.07, 6.45) is 0.794. The molecule has 17 heavy (non-hydrogen) atoms. The summed E-state index contributed by atoms with van der Waals surface area (Å²) in [5.41, 5.74) is 0.659. The number of alkyl halides is 1. The first-order valence-electron chi connectivity index (χ1n) is 5.67. The van der Waals surface area contributed by atoms with Crippen molar-refractivity contribution >= 4 is 27.1 Å². The van der Waals surface area contributed by atoms with Gasteiger partial charge in [-0.3, -0.25) is 0 Å². The second-order valence-electron chi connectivity index (χ2n) is 3.90. The summed E-state index contributed by atoms with van der Waals surface area (Å²) in [6, 6.07) is 6.96. The third-order valence-corrected chi connectivity index (χ3v) is 4.46. The Balaban J connectivity index is 2.86. The molecule has 1 aromatic carbocycles. The van der Waals surface area contributed by atoms with Crippen LogP contribution in [-0.4, -0.2) is 26.1 Å². The molecule has 1 aromatic rings.